The molecule has 5 heteroatoms. The molecule has 0 aliphatic carbocycles. The van der Waals surface area contributed by atoms with Crippen LogP contribution in [0.4, 0.5) is 0 Å². The third kappa shape index (κ3) is 4.48. The number of aromatic hydroxyl groups is 2. The van der Waals surface area contributed by atoms with E-state index in [1.807, 2.05) is 0 Å². The minimum atomic E-state index is -2.54. The molecule has 0 aromatic heterocycles. The number of hydrogen-bond donors (Lipinski definition) is 2. The first kappa shape index (κ1) is 15.9. The number of nitrogens with zero attached hydrogens (tertiary/aromatic N) is 1. The Kier molecular flexibility index (Phi) is 4.40. The van der Waals surface area contributed by atoms with Crippen molar-refractivity contribution >= 4 is 22.9 Å². The van der Waals surface area contributed by atoms with Crippen molar-refractivity contribution in [3.05, 3.63) is 83.4 Å². The zero-order valence-corrected chi connectivity index (χ0v) is 18.9. The van der Waals surface area contributed by atoms with Crippen LogP contribution >= 0.6 is 11.8 Å². The molecule has 5 rings (SSSR count). The second-order valence-electron chi connectivity index (χ2n) is 8.27. The second-order valence-corrected chi connectivity index (χ2v) is 9.58. The highest BCUT2D eigenvalue weighted by atomic mass is 32.2. The first-order valence-corrected chi connectivity index (χ1v) is 11.8. The molecule has 1 fully saturated rings. The molecule has 4 nitrogen and oxygen atoms in total. The maximum absolute atomic E-state index is 10.1. The van der Waals surface area contributed by atoms with Crippen LogP contribution in [0.25, 0.3) is 11.1 Å². The third-order valence-corrected chi connectivity index (χ3v) is 7.02. The molecule has 2 N–H and O–H groups in total. The van der Waals surface area contributed by atoms with Gasteiger partial charge in [-0.1, -0.05) is 31.2 Å². The van der Waals surface area contributed by atoms with Crippen LogP contribution in [-0.2, 0) is 0 Å². The van der Waals surface area contributed by atoms with E-state index in [1.165, 1.54) is 42.1 Å². The van der Waals surface area contributed by atoms with E-state index in [2.05, 4.69) is 4.90 Å². The Hall–Kier alpha value is -2.89. The molecule has 1 unspecified atom stereocenters. The number of phenols is 2. The summed E-state index contributed by atoms with van der Waals surface area (Å²) < 4.78 is 56.3. The smallest absolute Gasteiger partial charge is 0.150 e. The van der Waals surface area contributed by atoms with Gasteiger partial charge in [-0.15, -0.1) is 11.8 Å². The highest BCUT2D eigenvalue weighted by Gasteiger charge is 2.30. The molecule has 33 heavy (non-hydrogen) atoms. The molecule has 1 saturated heterocycles. The highest BCUT2D eigenvalue weighted by Crippen LogP contribution is 2.47. The summed E-state index contributed by atoms with van der Waals surface area (Å²) in [5, 5.41) is 20.2. The minimum Gasteiger partial charge on any atom is -0.508 e. The standard InChI is InChI=1S/C28H29NO3S/c1-3-14-29-16-24(17-29)33-23-11-6-20(7-12-23)28-27(19-4-8-21(30)9-5-19)18(2)25-13-10-22(31)15-26(25)32-28/h4-13,15,24,28,30-31H,3,14,16-17H2,1-2H3/i1D,2D3,11D,12D. The predicted octanol–water partition coefficient (Wildman–Crippen LogP) is 6.35. The van der Waals surface area contributed by atoms with E-state index in [0.717, 1.165) is 26.1 Å². The molecule has 2 aliphatic rings. The molecule has 3 aromatic rings. The van der Waals surface area contributed by atoms with Crippen molar-refractivity contribution in [2.75, 3.05) is 19.6 Å². The number of hydrogen-bond acceptors (Lipinski definition) is 5. The quantitative estimate of drug-likeness (QED) is 0.444. The van der Waals surface area contributed by atoms with E-state index in [0.29, 0.717) is 34.1 Å². The SMILES string of the molecule is [2H]CCCN1CC(Sc2c([2H])cc(C3Oc4cc(O)ccc4C(C([2H])([2H])[2H])=C3c3ccc(O)cc3)cc2[2H])C1. The zero-order chi connectivity index (χ0) is 27.9. The van der Waals surface area contributed by atoms with Crippen molar-refractivity contribution in [1.82, 2.24) is 4.90 Å². The van der Waals surface area contributed by atoms with Gasteiger partial charge in [-0.05, 0) is 72.9 Å². The Labute approximate surface area is 208 Å². The van der Waals surface area contributed by atoms with Crippen LogP contribution in [0.5, 0.6) is 17.2 Å². The summed E-state index contributed by atoms with van der Waals surface area (Å²) in [6.45, 7) is 0.455. The van der Waals surface area contributed by atoms with Crippen molar-refractivity contribution in [2.45, 2.75) is 36.4 Å². The fraction of sp³-hybridized carbons (Fsp3) is 0.286. The van der Waals surface area contributed by atoms with E-state index in [4.69, 9.17) is 13.0 Å². The average molecular weight is 466 g/mol. The number of fused-ring (bicyclic) bond motifs is 1. The number of benzene rings is 3. The van der Waals surface area contributed by atoms with E-state index in [1.54, 1.807) is 24.3 Å². The third-order valence-electron chi connectivity index (χ3n) is 5.91. The Morgan fingerprint density at radius 2 is 1.82 bits per heavy atom. The van der Waals surface area contributed by atoms with Crippen LogP contribution in [0, 0.1) is 0 Å². The monoisotopic (exact) mass is 465 g/mol. The van der Waals surface area contributed by atoms with Crippen LogP contribution in [-0.4, -0.2) is 40.0 Å². The molecule has 1 atom stereocenters. The molecule has 0 saturated carbocycles. The summed E-state index contributed by atoms with van der Waals surface area (Å²) in [5.74, 6) is 0.162. The molecule has 170 valence electrons. The van der Waals surface area contributed by atoms with Crippen molar-refractivity contribution in [2.24, 2.45) is 0 Å². The fourth-order valence-corrected chi connectivity index (χ4v) is 5.38. The van der Waals surface area contributed by atoms with E-state index in [9.17, 15) is 10.2 Å². The van der Waals surface area contributed by atoms with E-state index in [-0.39, 0.29) is 40.2 Å². The summed E-state index contributed by atoms with van der Waals surface area (Å²) in [7, 11) is 0. The Morgan fingerprint density at radius 3 is 2.55 bits per heavy atom. The average Bonchev–Trinajstić information content (AvgIpc) is 2.85. The van der Waals surface area contributed by atoms with Gasteiger partial charge in [0, 0.05) is 45.9 Å². The van der Waals surface area contributed by atoms with Gasteiger partial charge in [0.2, 0.25) is 0 Å². The molecule has 0 radical (unpaired) electrons. The van der Waals surface area contributed by atoms with Gasteiger partial charge < -0.3 is 19.8 Å². The maximum atomic E-state index is 10.1. The first-order valence-electron chi connectivity index (χ1n) is 14.1. The number of ether oxygens (including phenoxy) is 1. The second kappa shape index (κ2) is 9.16. The lowest BCUT2D eigenvalue weighted by molar-refractivity contribution is 0.191. The zero-order valence-electron chi connectivity index (χ0n) is 24.0. The van der Waals surface area contributed by atoms with Crippen molar-refractivity contribution in [3.63, 3.8) is 0 Å². The molecule has 2 aliphatic heterocycles. The lowest BCUT2D eigenvalue weighted by atomic mass is 9.86. The van der Waals surface area contributed by atoms with E-state index < -0.39 is 13.0 Å². The lowest BCUT2D eigenvalue weighted by Crippen LogP contribution is -2.48. The van der Waals surface area contributed by atoms with Gasteiger partial charge in [-0.3, -0.25) is 0 Å². The van der Waals surface area contributed by atoms with Crippen LogP contribution in [0.2, 0.25) is 0 Å². The Bertz CT molecular complexity index is 1380. The predicted molar refractivity (Wildman–Crippen MR) is 135 cm³/mol. The summed E-state index contributed by atoms with van der Waals surface area (Å²) in [5.41, 5.74) is 1.73. The van der Waals surface area contributed by atoms with Crippen LogP contribution < -0.4 is 4.74 Å². The molecule has 0 bridgehead atoms. The van der Waals surface area contributed by atoms with Gasteiger partial charge in [0.05, 0.1) is 2.74 Å². The summed E-state index contributed by atoms with van der Waals surface area (Å²) in [6.07, 6.45) is -0.132. The van der Waals surface area contributed by atoms with Gasteiger partial charge in [-0.25, -0.2) is 0 Å². The van der Waals surface area contributed by atoms with Gasteiger partial charge >= 0.3 is 0 Å². The van der Waals surface area contributed by atoms with Crippen LogP contribution in [0.1, 0.15) is 51.2 Å². The van der Waals surface area contributed by atoms with Gasteiger partial charge in [0.15, 0.2) is 0 Å². The molecule has 0 spiro atoms. The van der Waals surface area contributed by atoms with Gasteiger partial charge in [-0.2, -0.15) is 0 Å². The van der Waals surface area contributed by atoms with Gasteiger partial charge in [0.25, 0.3) is 0 Å². The highest BCUT2D eigenvalue weighted by molar-refractivity contribution is 8.00. The molecule has 3 aromatic carbocycles. The number of rotatable bonds is 6. The van der Waals surface area contributed by atoms with Crippen molar-refractivity contribution in [3.8, 4) is 17.2 Å². The number of likely N-dealkylation sites (tertiary alicyclic amines) is 1. The topological polar surface area (TPSA) is 52.9 Å². The Balaban J connectivity index is 1.57. The minimum absolute atomic E-state index is 0.0332. The van der Waals surface area contributed by atoms with E-state index >= 15 is 0 Å². The summed E-state index contributed by atoms with van der Waals surface area (Å²) in [4.78, 5) is 2.82. The normalized spacial score (nSPS) is 21.5. The lowest BCUT2D eigenvalue weighted by Gasteiger charge is -2.38. The number of phenolic OH excluding ortho intramolecular Hbond substituents is 2. The summed E-state index contributed by atoms with van der Waals surface area (Å²) >= 11 is 1.50. The fourth-order valence-electron chi connectivity index (χ4n) is 4.22. The van der Waals surface area contributed by atoms with Crippen molar-refractivity contribution in [1.29, 1.82) is 0 Å². The number of allylic oxidation sites excluding steroid dienone is 1. The summed E-state index contributed by atoms with van der Waals surface area (Å²) in [6, 6.07) is 14.0. The largest absolute Gasteiger partial charge is 0.508 e. The molecular weight excluding hydrogens is 430 g/mol. The van der Waals surface area contributed by atoms with Crippen molar-refractivity contribution < 1.29 is 23.2 Å². The van der Waals surface area contributed by atoms with Gasteiger partial charge in [0.1, 0.15) is 23.4 Å². The molecule has 2 heterocycles. The molecule has 0 amide bonds. The number of thioether (sulfide) groups is 1. The van der Waals surface area contributed by atoms with Crippen LogP contribution in [0.15, 0.2) is 71.6 Å². The molecular formula is C28H29NO3S. The Morgan fingerprint density at radius 1 is 1.06 bits per heavy atom. The first-order chi connectivity index (χ1) is 18.5. The van der Waals surface area contributed by atoms with Crippen LogP contribution in [0.3, 0.4) is 0 Å². The maximum Gasteiger partial charge on any atom is 0.150 e.